The average molecular weight is 287 g/mol. The molecule has 2 rings (SSSR count). The number of carbonyl (C=O) groups excluding carboxylic acids is 1. The number of hydrogen-bond donors (Lipinski definition) is 2. The smallest absolute Gasteiger partial charge is 0.339 e. The number of rotatable bonds is 4. The molecule has 0 radical (unpaired) electrons. The lowest BCUT2D eigenvalue weighted by molar-refractivity contribution is 0.252. The van der Waals surface area contributed by atoms with Gasteiger partial charge in [-0.05, 0) is 32.0 Å². The quantitative estimate of drug-likeness (QED) is 0.670. The molecular formula is C15H17N3O3. The van der Waals surface area contributed by atoms with Crippen LogP contribution in [0.15, 0.2) is 39.9 Å². The molecular weight excluding hydrogens is 270 g/mol. The van der Waals surface area contributed by atoms with Gasteiger partial charge < -0.3 is 14.5 Å². The summed E-state index contributed by atoms with van der Waals surface area (Å²) in [6.07, 6.45) is 1.54. The lowest BCUT2D eigenvalue weighted by Gasteiger charge is -2.08. The largest absolute Gasteiger partial charge is 0.495 e. The molecule has 2 aromatic rings. The minimum atomic E-state index is -0.450. The molecule has 0 fully saturated rings. The Hall–Kier alpha value is -2.76. The van der Waals surface area contributed by atoms with Gasteiger partial charge in [-0.2, -0.15) is 5.10 Å². The van der Waals surface area contributed by atoms with E-state index in [0.717, 1.165) is 17.1 Å². The van der Waals surface area contributed by atoms with Crippen LogP contribution in [0.25, 0.3) is 0 Å². The summed E-state index contributed by atoms with van der Waals surface area (Å²) in [7, 11) is 1.54. The van der Waals surface area contributed by atoms with Crippen LogP contribution in [0, 0.1) is 13.8 Å². The molecule has 110 valence electrons. The van der Waals surface area contributed by atoms with Gasteiger partial charge in [0.25, 0.3) is 0 Å². The number of hydrogen-bond acceptors (Lipinski definition) is 4. The summed E-state index contributed by atoms with van der Waals surface area (Å²) < 4.78 is 10.5. The Kier molecular flexibility index (Phi) is 4.61. The lowest BCUT2D eigenvalue weighted by Crippen LogP contribution is -2.24. The summed E-state index contributed by atoms with van der Waals surface area (Å²) >= 11 is 0. The van der Waals surface area contributed by atoms with Crippen molar-refractivity contribution >= 4 is 17.9 Å². The normalized spacial score (nSPS) is 10.6. The third-order valence-corrected chi connectivity index (χ3v) is 2.80. The molecule has 1 aromatic heterocycles. The molecule has 0 aliphatic rings. The van der Waals surface area contributed by atoms with Crippen LogP contribution in [0.5, 0.6) is 5.75 Å². The van der Waals surface area contributed by atoms with Gasteiger partial charge in [0.2, 0.25) is 0 Å². The topological polar surface area (TPSA) is 75.9 Å². The van der Waals surface area contributed by atoms with Crippen LogP contribution in [-0.4, -0.2) is 19.4 Å². The predicted molar refractivity (Wildman–Crippen MR) is 80.9 cm³/mol. The van der Waals surface area contributed by atoms with Gasteiger partial charge in [-0.15, -0.1) is 0 Å². The van der Waals surface area contributed by atoms with E-state index in [9.17, 15) is 4.79 Å². The first kappa shape index (κ1) is 14.6. The molecule has 6 nitrogen and oxygen atoms in total. The Balaban J connectivity index is 1.95. The first-order chi connectivity index (χ1) is 10.1. The van der Waals surface area contributed by atoms with Gasteiger partial charge in [0.1, 0.15) is 17.3 Å². The van der Waals surface area contributed by atoms with Crippen LogP contribution < -0.4 is 15.5 Å². The van der Waals surface area contributed by atoms with Crippen molar-refractivity contribution in [2.45, 2.75) is 13.8 Å². The van der Waals surface area contributed by atoms with Crippen LogP contribution in [0.1, 0.15) is 17.1 Å². The van der Waals surface area contributed by atoms with Crippen molar-refractivity contribution in [2.24, 2.45) is 5.10 Å². The van der Waals surface area contributed by atoms with Crippen LogP contribution in [0.3, 0.4) is 0 Å². The minimum absolute atomic E-state index is 0.450. The molecule has 21 heavy (non-hydrogen) atoms. The molecule has 0 unspecified atom stereocenters. The Labute approximate surface area is 122 Å². The number of furan rings is 1. The Morgan fingerprint density at radius 3 is 2.76 bits per heavy atom. The monoisotopic (exact) mass is 287 g/mol. The van der Waals surface area contributed by atoms with E-state index in [2.05, 4.69) is 15.8 Å². The highest BCUT2D eigenvalue weighted by molar-refractivity contribution is 5.91. The van der Waals surface area contributed by atoms with E-state index in [1.807, 2.05) is 26.0 Å². The molecule has 1 heterocycles. The standard InChI is InChI=1S/C15H17N3O3/c1-10-8-12(11(2)21-10)9-16-18-15(19)17-13-6-4-5-7-14(13)20-3/h4-9H,1-3H3,(H2,17,18,19)/b16-9-. The molecule has 0 bridgehead atoms. The second-order valence-electron chi connectivity index (χ2n) is 4.39. The zero-order chi connectivity index (χ0) is 15.2. The number of aryl methyl sites for hydroxylation is 2. The first-order valence-corrected chi connectivity index (χ1v) is 6.40. The molecule has 6 heteroatoms. The number of ether oxygens (including phenoxy) is 1. The Morgan fingerprint density at radius 2 is 2.10 bits per heavy atom. The summed E-state index contributed by atoms with van der Waals surface area (Å²) in [6.45, 7) is 3.69. The Bertz CT molecular complexity index is 662. The minimum Gasteiger partial charge on any atom is -0.495 e. The Morgan fingerprint density at radius 1 is 1.33 bits per heavy atom. The molecule has 0 atom stereocenters. The lowest BCUT2D eigenvalue weighted by atomic mass is 10.3. The van der Waals surface area contributed by atoms with Gasteiger partial charge in [0, 0.05) is 5.56 Å². The van der Waals surface area contributed by atoms with E-state index in [0.29, 0.717) is 11.4 Å². The third kappa shape index (κ3) is 3.85. The van der Waals surface area contributed by atoms with Gasteiger partial charge in [0.15, 0.2) is 0 Å². The van der Waals surface area contributed by atoms with Crippen molar-refractivity contribution in [2.75, 3.05) is 12.4 Å². The molecule has 0 aliphatic carbocycles. The highest BCUT2D eigenvalue weighted by Gasteiger charge is 2.05. The molecule has 0 saturated heterocycles. The van der Waals surface area contributed by atoms with Crippen LogP contribution >= 0.6 is 0 Å². The van der Waals surface area contributed by atoms with Crippen molar-refractivity contribution in [1.29, 1.82) is 0 Å². The number of urea groups is 1. The van der Waals surface area contributed by atoms with Gasteiger partial charge in [-0.1, -0.05) is 12.1 Å². The number of benzene rings is 1. The molecule has 2 amide bonds. The second kappa shape index (κ2) is 6.60. The molecule has 0 aliphatic heterocycles. The van der Waals surface area contributed by atoms with E-state index >= 15 is 0 Å². The van der Waals surface area contributed by atoms with E-state index in [1.165, 1.54) is 6.21 Å². The molecule has 0 saturated carbocycles. The average Bonchev–Trinajstić information content (AvgIpc) is 2.77. The second-order valence-corrected chi connectivity index (χ2v) is 4.39. The summed E-state index contributed by atoms with van der Waals surface area (Å²) in [5.74, 6) is 2.13. The van der Waals surface area contributed by atoms with Crippen molar-refractivity contribution in [3.8, 4) is 5.75 Å². The van der Waals surface area contributed by atoms with Gasteiger partial charge in [-0.3, -0.25) is 0 Å². The highest BCUT2D eigenvalue weighted by Crippen LogP contribution is 2.22. The molecule has 2 N–H and O–H groups in total. The van der Waals surface area contributed by atoms with Gasteiger partial charge in [-0.25, -0.2) is 10.2 Å². The number of anilines is 1. The van der Waals surface area contributed by atoms with Crippen molar-refractivity contribution in [3.63, 3.8) is 0 Å². The first-order valence-electron chi connectivity index (χ1n) is 6.40. The van der Waals surface area contributed by atoms with Crippen LogP contribution in [-0.2, 0) is 0 Å². The number of nitrogens with zero attached hydrogens (tertiary/aromatic N) is 1. The zero-order valence-corrected chi connectivity index (χ0v) is 12.1. The zero-order valence-electron chi connectivity index (χ0n) is 12.1. The predicted octanol–water partition coefficient (Wildman–Crippen LogP) is 3.06. The van der Waals surface area contributed by atoms with Gasteiger partial charge in [0.05, 0.1) is 19.0 Å². The summed E-state index contributed by atoms with van der Waals surface area (Å²) in [4.78, 5) is 11.7. The van der Waals surface area contributed by atoms with Crippen molar-refractivity contribution in [1.82, 2.24) is 5.43 Å². The molecule has 0 spiro atoms. The SMILES string of the molecule is COc1ccccc1NC(=O)N/N=C\c1cc(C)oc1C. The number of hydrazone groups is 1. The van der Waals surface area contributed by atoms with Gasteiger partial charge >= 0.3 is 6.03 Å². The summed E-state index contributed by atoms with van der Waals surface area (Å²) in [5.41, 5.74) is 3.79. The number of para-hydroxylation sites is 2. The fraction of sp³-hybridized carbons (Fsp3) is 0.200. The number of nitrogens with one attached hydrogen (secondary N) is 2. The maximum atomic E-state index is 11.7. The van der Waals surface area contributed by atoms with Crippen molar-refractivity contribution in [3.05, 3.63) is 47.4 Å². The van der Waals surface area contributed by atoms with Crippen LogP contribution in [0.4, 0.5) is 10.5 Å². The fourth-order valence-corrected chi connectivity index (χ4v) is 1.84. The van der Waals surface area contributed by atoms with E-state index in [1.54, 1.807) is 25.3 Å². The summed E-state index contributed by atoms with van der Waals surface area (Å²) in [6, 6.07) is 8.53. The van der Waals surface area contributed by atoms with Crippen LogP contribution in [0.2, 0.25) is 0 Å². The molecule has 1 aromatic carbocycles. The van der Waals surface area contributed by atoms with E-state index in [-0.39, 0.29) is 0 Å². The third-order valence-electron chi connectivity index (χ3n) is 2.80. The summed E-state index contributed by atoms with van der Waals surface area (Å²) in [5, 5.41) is 6.53. The van der Waals surface area contributed by atoms with Crippen molar-refractivity contribution < 1.29 is 13.9 Å². The van der Waals surface area contributed by atoms with E-state index < -0.39 is 6.03 Å². The van der Waals surface area contributed by atoms with E-state index in [4.69, 9.17) is 9.15 Å². The fourth-order valence-electron chi connectivity index (χ4n) is 1.84. The number of carbonyl (C=O) groups is 1. The number of methoxy groups -OCH3 is 1. The highest BCUT2D eigenvalue weighted by atomic mass is 16.5. The number of amides is 2. The maximum absolute atomic E-state index is 11.7. The maximum Gasteiger partial charge on any atom is 0.339 e.